The number of likely N-dealkylation sites (N-methyl/N-ethyl adjacent to an activating group) is 1. The second-order valence-corrected chi connectivity index (χ2v) is 7.49. The van der Waals surface area contributed by atoms with Crippen LogP contribution in [0.3, 0.4) is 0 Å². The van der Waals surface area contributed by atoms with Crippen molar-refractivity contribution >= 4 is 8.80 Å². The molecule has 0 saturated heterocycles. The summed E-state index contributed by atoms with van der Waals surface area (Å²) in [4.78, 5) is 0. The third-order valence-corrected chi connectivity index (χ3v) is 6.72. The summed E-state index contributed by atoms with van der Waals surface area (Å²) in [5, 5.41) is 0. The molecule has 1 unspecified atom stereocenters. The van der Waals surface area contributed by atoms with Crippen molar-refractivity contribution in [1.82, 2.24) is 0 Å². The van der Waals surface area contributed by atoms with Crippen LogP contribution in [-0.4, -0.2) is 60.9 Å². The van der Waals surface area contributed by atoms with Crippen molar-refractivity contribution in [3.05, 3.63) is 12.7 Å². The van der Waals surface area contributed by atoms with Gasteiger partial charge in [-0.2, -0.15) is 0 Å². The Morgan fingerprint density at radius 2 is 1.59 bits per heavy atom. The molecule has 0 fully saturated rings. The molecular weight excluding hydrogens is 258 g/mol. The van der Waals surface area contributed by atoms with Crippen molar-refractivity contribution < 1.29 is 30.2 Å². The lowest BCUT2D eigenvalue weighted by atomic mass is 10.3. The summed E-state index contributed by atoms with van der Waals surface area (Å²) < 4.78 is 17.5. The zero-order valence-electron chi connectivity index (χ0n) is 11.8. The van der Waals surface area contributed by atoms with Crippen LogP contribution in [0.4, 0.5) is 0 Å². The monoisotopic (exact) mass is 283 g/mol. The standard InChI is InChI=1S/C11H26NO3Si.ClH/c1-8-10-12(3,4)11(9-2)16(13-5,14-6)15-7;/h8,11H,1,9-10H2,2-7H3;1H/q+1;/p-1. The van der Waals surface area contributed by atoms with Crippen LogP contribution in [-0.2, 0) is 13.3 Å². The Balaban J connectivity index is 0. The average molecular weight is 284 g/mol. The summed E-state index contributed by atoms with van der Waals surface area (Å²) in [5.41, 5.74) is 0.213. The molecule has 0 amide bonds. The number of nitrogens with zero attached hydrogens (tertiary/aromatic N) is 1. The highest BCUT2D eigenvalue weighted by Gasteiger charge is 2.55. The van der Waals surface area contributed by atoms with E-state index in [2.05, 4.69) is 27.6 Å². The van der Waals surface area contributed by atoms with Gasteiger partial charge in [0, 0.05) is 27.8 Å². The van der Waals surface area contributed by atoms with Crippen molar-refractivity contribution in [2.45, 2.75) is 19.0 Å². The Bertz CT molecular complexity index is 214. The minimum absolute atomic E-state index is 0. The second-order valence-electron chi connectivity index (χ2n) is 4.39. The van der Waals surface area contributed by atoms with E-state index in [0.717, 1.165) is 17.4 Å². The van der Waals surface area contributed by atoms with Crippen LogP contribution >= 0.6 is 0 Å². The number of hydrogen-bond donors (Lipinski definition) is 0. The maximum absolute atomic E-state index is 5.57. The molecule has 0 heterocycles. The van der Waals surface area contributed by atoms with Crippen molar-refractivity contribution in [2.75, 3.05) is 42.0 Å². The third kappa shape index (κ3) is 4.35. The van der Waals surface area contributed by atoms with E-state index in [9.17, 15) is 0 Å². The minimum atomic E-state index is -2.60. The van der Waals surface area contributed by atoms with E-state index in [1.54, 1.807) is 21.3 Å². The Morgan fingerprint density at radius 3 is 1.82 bits per heavy atom. The van der Waals surface area contributed by atoms with Crippen molar-refractivity contribution in [1.29, 1.82) is 0 Å². The van der Waals surface area contributed by atoms with Crippen molar-refractivity contribution in [3.63, 3.8) is 0 Å². The predicted molar refractivity (Wildman–Crippen MR) is 68.0 cm³/mol. The first-order chi connectivity index (χ1) is 7.44. The lowest BCUT2D eigenvalue weighted by molar-refractivity contribution is -0.900. The fourth-order valence-electron chi connectivity index (χ4n) is 2.29. The maximum Gasteiger partial charge on any atom is 0.561 e. The predicted octanol–water partition coefficient (Wildman–Crippen LogP) is -1.55. The molecule has 0 aromatic heterocycles. The van der Waals surface area contributed by atoms with Crippen LogP contribution in [0.25, 0.3) is 0 Å². The second kappa shape index (κ2) is 8.23. The van der Waals surface area contributed by atoms with Gasteiger partial charge in [-0.05, 0) is 6.08 Å². The van der Waals surface area contributed by atoms with Crippen LogP contribution in [0.15, 0.2) is 12.7 Å². The van der Waals surface area contributed by atoms with E-state index in [1.165, 1.54) is 0 Å². The molecule has 17 heavy (non-hydrogen) atoms. The van der Waals surface area contributed by atoms with Gasteiger partial charge in [0.15, 0.2) is 5.67 Å². The fraction of sp³-hybridized carbons (Fsp3) is 0.818. The SMILES string of the molecule is C=CC[N+](C)(C)C(CC)[Si](OC)(OC)OC.[Cl-]. The molecule has 0 aliphatic heterocycles. The highest BCUT2D eigenvalue weighted by atomic mass is 35.5. The van der Waals surface area contributed by atoms with E-state index < -0.39 is 8.80 Å². The van der Waals surface area contributed by atoms with Gasteiger partial charge in [0.05, 0.1) is 20.6 Å². The van der Waals surface area contributed by atoms with Crippen LogP contribution in [0.1, 0.15) is 13.3 Å². The summed E-state index contributed by atoms with van der Waals surface area (Å²) in [5.74, 6) is 0. The number of quaternary nitrogens is 1. The molecule has 0 aliphatic carbocycles. The molecule has 0 bridgehead atoms. The van der Waals surface area contributed by atoms with Gasteiger partial charge in [-0.3, -0.25) is 0 Å². The molecule has 0 saturated carbocycles. The van der Waals surface area contributed by atoms with E-state index in [1.807, 2.05) is 6.08 Å². The van der Waals surface area contributed by atoms with Crippen LogP contribution in [0.5, 0.6) is 0 Å². The van der Waals surface area contributed by atoms with E-state index in [4.69, 9.17) is 13.3 Å². The van der Waals surface area contributed by atoms with Gasteiger partial charge in [-0.25, -0.2) is 0 Å². The van der Waals surface area contributed by atoms with E-state index in [-0.39, 0.29) is 18.1 Å². The molecule has 0 spiro atoms. The van der Waals surface area contributed by atoms with E-state index in [0.29, 0.717) is 0 Å². The smallest absolute Gasteiger partial charge is 0.561 e. The first kappa shape index (κ1) is 19.4. The van der Waals surface area contributed by atoms with Gasteiger partial charge in [0.1, 0.15) is 0 Å². The number of halogens is 1. The van der Waals surface area contributed by atoms with Gasteiger partial charge in [-0.1, -0.05) is 13.5 Å². The van der Waals surface area contributed by atoms with Gasteiger partial charge in [0.2, 0.25) is 0 Å². The number of hydrogen-bond acceptors (Lipinski definition) is 3. The normalized spacial score (nSPS) is 14.0. The molecule has 0 aliphatic rings. The largest absolute Gasteiger partial charge is 1.00 e. The Hall–Kier alpha value is 0.0869. The highest BCUT2D eigenvalue weighted by molar-refractivity contribution is 6.62. The van der Waals surface area contributed by atoms with Gasteiger partial charge in [-0.15, -0.1) is 0 Å². The van der Waals surface area contributed by atoms with E-state index >= 15 is 0 Å². The van der Waals surface area contributed by atoms with Crippen LogP contribution in [0.2, 0.25) is 0 Å². The molecule has 1 atom stereocenters. The summed E-state index contributed by atoms with van der Waals surface area (Å²) in [6.45, 7) is 6.80. The molecule has 4 nitrogen and oxygen atoms in total. The lowest BCUT2D eigenvalue weighted by Gasteiger charge is -2.42. The lowest BCUT2D eigenvalue weighted by Crippen LogP contribution is -3.00. The zero-order valence-corrected chi connectivity index (χ0v) is 13.6. The van der Waals surface area contributed by atoms with Crippen LogP contribution < -0.4 is 12.4 Å². The number of rotatable bonds is 8. The Kier molecular flexibility index (Phi) is 9.41. The molecule has 0 aromatic carbocycles. The van der Waals surface area contributed by atoms with Gasteiger partial charge < -0.3 is 30.2 Å². The maximum atomic E-state index is 5.57. The summed E-state index contributed by atoms with van der Waals surface area (Å²) in [6.07, 6.45) is 2.87. The average Bonchev–Trinajstić information content (AvgIpc) is 2.25. The molecule has 104 valence electrons. The van der Waals surface area contributed by atoms with Crippen molar-refractivity contribution in [2.24, 2.45) is 0 Å². The third-order valence-electron chi connectivity index (χ3n) is 3.09. The first-order valence-electron chi connectivity index (χ1n) is 5.53. The van der Waals surface area contributed by atoms with Crippen LogP contribution in [0, 0.1) is 0 Å². The highest BCUT2D eigenvalue weighted by Crippen LogP contribution is 2.24. The molecule has 0 aromatic rings. The summed E-state index contributed by atoms with van der Waals surface area (Å²) in [6, 6.07) is 0. The quantitative estimate of drug-likeness (QED) is 0.307. The van der Waals surface area contributed by atoms with Crippen molar-refractivity contribution in [3.8, 4) is 0 Å². The molecule has 0 radical (unpaired) electrons. The first-order valence-corrected chi connectivity index (χ1v) is 7.33. The minimum Gasteiger partial charge on any atom is -1.00 e. The summed E-state index contributed by atoms with van der Waals surface area (Å²) >= 11 is 0. The molecule has 0 N–H and O–H groups in total. The molecule has 0 rings (SSSR count). The zero-order chi connectivity index (χ0) is 12.8. The molecule has 6 heteroatoms. The topological polar surface area (TPSA) is 27.7 Å². The summed E-state index contributed by atoms with van der Waals surface area (Å²) in [7, 11) is 6.69. The van der Waals surface area contributed by atoms with Gasteiger partial charge >= 0.3 is 8.80 Å². The fourth-order valence-corrected chi connectivity index (χ4v) is 5.07. The Labute approximate surface area is 113 Å². The van der Waals surface area contributed by atoms with Gasteiger partial charge in [0.25, 0.3) is 0 Å². The Morgan fingerprint density at radius 1 is 1.18 bits per heavy atom. The molecular formula is C11H26ClNO3Si.